The summed E-state index contributed by atoms with van der Waals surface area (Å²) in [5.74, 6) is 0. The van der Waals surface area contributed by atoms with E-state index in [2.05, 4.69) is 0 Å². The Morgan fingerprint density at radius 3 is 2.05 bits per heavy atom. The number of fused-ring (bicyclic) bond motifs is 1. The highest BCUT2D eigenvalue weighted by Gasteiger charge is 2.30. The van der Waals surface area contributed by atoms with Crippen LogP contribution in [0.5, 0.6) is 0 Å². The molecule has 1 heterocycles. The van der Waals surface area contributed by atoms with E-state index in [9.17, 15) is 8.42 Å². The molecule has 0 atom stereocenters. The predicted octanol–water partition coefficient (Wildman–Crippen LogP) is 1.89. The van der Waals surface area contributed by atoms with Crippen LogP contribution in [-0.4, -0.2) is 19.3 Å². The summed E-state index contributed by atoms with van der Waals surface area (Å²) in [6.45, 7) is 1.46. The minimum absolute atomic E-state index is 0.344. The van der Waals surface area contributed by atoms with Gasteiger partial charge in [-0.25, -0.2) is 8.42 Å². The summed E-state index contributed by atoms with van der Waals surface area (Å²) in [4.78, 5) is 0.344. The Hall–Kier alpha value is -1.69. The molecule has 3 rings (SSSR count). The molecule has 0 fully saturated rings. The van der Waals surface area contributed by atoms with E-state index in [0.717, 1.165) is 23.1 Å². The molecule has 0 unspecified atom stereocenters. The first-order valence-electron chi connectivity index (χ1n) is 6.97. The van der Waals surface area contributed by atoms with Crippen molar-refractivity contribution in [3.8, 4) is 0 Å². The minimum Gasteiger partial charge on any atom is -0.330 e. The number of hydrogen-bond acceptors (Lipinski definition) is 3. The monoisotopic (exact) mass is 302 g/mol. The van der Waals surface area contributed by atoms with Crippen LogP contribution in [0.15, 0.2) is 53.4 Å². The maximum atomic E-state index is 12.7. The van der Waals surface area contributed by atoms with Crippen molar-refractivity contribution in [3.05, 3.63) is 65.2 Å². The first-order valence-corrected chi connectivity index (χ1v) is 8.41. The van der Waals surface area contributed by atoms with Gasteiger partial charge in [0.2, 0.25) is 10.0 Å². The van der Waals surface area contributed by atoms with Crippen molar-refractivity contribution in [1.29, 1.82) is 0 Å². The number of hydrogen-bond donors (Lipinski definition) is 1. The molecule has 0 radical (unpaired) electrons. The summed E-state index contributed by atoms with van der Waals surface area (Å²) in [6.07, 6.45) is 0.759. The zero-order valence-electron chi connectivity index (χ0n) is 11.7. The fourth-order valence-electron chi connectivity index (χ4n) is 2.62. The van der Waals surface area contributed by atoms with Crippen molar-refractivity contribution in [2.24, 2.45) is 5.73 Å². The van der Waals surface area contributed by atoms with E-state index in [-0.39, 0.29) is 0 Å². The molecule has 110 valence electrons. The van der Waals surface area contributed by atoms with Crippen molar-refractivity contribution in [2.45, 2.75) is 24.4 Å². The molecule has 0 aliphatic carbocycles. The van der Waals surface area contributed by atoms with Gasteiger partial charge in [0.1, 0.15) is 0 Å². The lowest BCUT2D eigenvalue weighted by Crippen LogP contribution is -2.25. The summed E-state index contributed by atoms with van der Waals surface area (Å²) < 4.78 is 26.9. The average Bonchev–Trinajstić information content (AvgIpc) is 2.93. The van der Waals surface area contributed by atoms with Crippen LogP contribution in [0.25, 0.3) is 0 Å². The van der Waals surface area contributed by atoms with Gasteiger partial charge in [-0.1, -0.05) is 36.4 Å². The molecule has 0 aromatic heterocycles. The number of nitrogens with zero attached hydrogens (tertiary/aromatic N) is 1. The molecule has 0 bridgehead atoms. The van der Waals surface area contributed by atoms with Crippen molar-refractivity contribution in [2.75, 3.05) is 6.54 Å². The molecule has 21 heavy (non-hydrogen) atoms. The highest BCUT2D eigenvalue weighted by atomic mass is 32.2. The van der Waals surface area contributed by atoms with Gasteiger partial charge in [0.25, 0.3) is 0 Å². The number of benzene rings is 2. The molecule has 1 aliphatic rings. The second-order valence-electron chi connectivity index (χ2n) is 5.22. The number of rotatable bonds is 4. The van der Waals surface area contributed by atoms with Crippen LogP contribution in [0, 0.1) is 0 Å². The fraction of sp³-hybridized carbons (Fsp3) is 0.250. The topological polar surface area (TPSA) is 63.4 Å². The summed E-state index contributed by atoms with van der Waals surface area (Å²) >= 11 is 0. The van der Waals surface area contributed by atoms with E-state index >= 15 is 0 Å². The van der Waals surface area contributed by atoms with E-state index in [1.165, 1.54) is 4.31 Å². The molecule has 0 saturated heterocycles. The van der Waals surface area contributed by atoms with Gasteiger partial charge in [-0.05, 0) is 41.8 Å². The molecular formula is C16H18N2O2S. The maximum Gasteiger partial charge on any atom is 0.243 e. The minimum atomic E-state index is -3.44. The van der Waals surface area contributed by atoms with Gasteiger partial charge in [-0.3, -0.25) is 0 Å². The molecule has 5 heteroatoms. The molecular weight excluding hydrogens is 284 g/mol. The number of nitrogens with two attached hydrogens (primary N) is 1. The van der Waals surface area contributed by atoms with Crippen molar-refractivity contribution >= 4 is 10.0 Å². The van der Waals surface area contributed by atoms with E-state index in [0.29, 0.717) is 24.5 Å². The maximum absolute atomic E-state index is 12.7. The fourth-order valence-corrected chi connectivity index (χ4v) is 4.01. The van der Waals surface area contributed by atoms with Gasteiger partial charge in [0.15, 0.2) is 0 Å². The first-order chi connectivity index (χ1) is 10.1. The third kappa shape index (κ3) is 2.72. The lowest BCUT2D eigenvalue weighted by molar-refractivity contribution is 0.431. The van der Waals surface area contributed by atoms with Gasteiger partial charge in [-0.2, -0.15) is 4.31 Å². The Kier molecular flexibility index (Phi) is 3.80. The predicted molar refractivity (Wildman–Crippen MR) is 82.1 cm³/mol. The first kappa shape index (κ1) is 14.3. The van der Waals surface area contributed by atoms with Gasteiger partial charge in [0.05, 0.1) is 4.90 Å². The third-order valence-electron chi connectivity index (χ3n) is 3.81. The van der Waals surface area contributed by atoms with Gasteiger partial charge in [0, 0.05) is 13.1 Å². The van der Waals surface area contributed by atoms with E-state index < -0.39 is 10.0 Å². The molecule has 0 spiro atoms. The molecule has 0 amide bonds. The van der Waals surface area contributed by atoms with Crippen LogP contribution < -0.4 is 5.73 Å². The van der Waals surface area contributed by atoms with Gasteiger partial charge < -0.3 is 5.73 Å². The summed E-state index contributed by atoms with van der Waals surface area (Å²) in [6, 6.07) is 14.9. The quantitative estimate of drug-likeness (QED) is 0.938. The molecule has 4 nitrogen and oxygen atoms in total. The van der Waals surface area contributed by atoms with E-state index in [1.807, 2.05) is 36.4 Å². The summed E-state index contributed by atoms with van der Waals surface area (Å²) in [5.41, 5.74) is 8.73. The average molecular weight is 302 g/mol. The molecule has 2 N–H and O–H groups in total. The van der Waals surface area contributed by atoms with Crippen molar-refractivity contribution < 1.29 is 8.42 Å². The molecule has 2 aromatic rings. The largest absolute Gasteiger partial charge is 0.330 e. The zero-order valence-corrected chi connectivity index (χ0v) is 12.5. The Bertz CT molecular complexity index is 714. The molecule has 2 aromatic carbocycles. The number of sulfonamides is 1. The highest BCUT2D eigenvalue weighted by Crippen LogP contribution is 2.28. The second-order valence-corrected chi connectivity index (χ2v) is 7.16. The van der Waals surface area contributed by atoms with Crippen LogP contribution in [-0.2, 0) is 29.5 Å². The van der Waals surface area contributed by atoms with E-state index in [1.54, 1.807) is 12.1 Å². The lowest BCUT2D eigenvalue weighted by Gasteiger charge is -2.15. The van der Waals surface area contributed by atoms with Crippen molar-refractivity contribution in [3.63, 3.8) is 0 Å². The lowest BCUT2D eigenvalue weighted by atomic mass is 10.1. The van der Waals surface area contributed by atoms with Crippen LogP contribution in [0.3, 0.4) is 0 Å². The van der Waals surface area contributed by atoms with E-state index in [4.69, 9.17) is 5.73 Å². The van der Waals surface area contributed by atoms with Crippen LogP contribution >= 0.6 is 0 Å². The standard InChI is InChI=1S/C16H18N2O2S/c17-10-9-13-5-7-16(8-6-13)21(19,20)18-11-14-3-1-2-4-15(14)12-18/h1-8H,9-12,17H2. The molecule has 0 saturated carbocycles. The highest BCUT2D eigenvalue weighted by molar-refractivity contribution is 7.89. The Morgan fingerprint density at radius 2 is 1.52 bits per heavy atom. The van der Waals surface area contributed by atoms with Gasteiger partial charge >= 0.3 is 0 Å². The van der Waals surface area contributed by atoms with Crippen LogP contribution in [0.4, 0.5) is 0 Å². The summed E-state index contributed by atoms with van der Waals surface area (Å²) in [7, 11) is -3.44. The third-order valence-corrected chi connectivity index (χ3v) is 5.61. The smallest absolute Gasteiger partial charge is 0.243 e. The Labute approximate surface area is 125 Å². The van der Waals surface area contributed by atoms with Crippen LogP contribution in [0.1, 0.15) is 16.7 Å². The Balaban J connectivity index is 1.85. The second kappa shape index (κ2) is 5.60. The van der Waals surface area contributed by atoms with Gasteiger partial charge in [-0.15, -0.1) is 0 Å². The molecule has 1 aliphatic heterocycles. The Morgan fingerprint density at radius 1 is 0.952 bits per heavy atom. The van der Waals surface area contributed by atoms with Crippen LogP contribution in [0.2, 0.25) is 0 Å². The normalized spacial score (nSPS) is 15.1. The SMILES string of the molecule is NCCc1ccc(S(=O)(=O)N2Cc3ccccc3C2)cc1. The van der Waals surface area contributed by atoms with Crippen molar-refractivity contribution in [1.82, 2.24) is 4.31 Å². The summed E-state index contributed by atoms with van der Waals surface area (Å²) in [5, 5.41) is 0. The zero-order chi connectivity index (χ0) is 14.9.